The summed E-state index contributed by atoms with van der Waals surface area (Å²) >= 11 is 0. The van der Waals surface area contributed by atoms with Crippen LogP contribution in [-0.4, -0.2) is 19.3 Å². The summed E-state index contributed by atoms with van der Waals surface area (Å²) < 4.78 is 36.5. The average Bonchev–Trinajstić information content (AvgIpc) is 2.03. The molecule has 1 saturated carbocycles. The van der Waals surface area contributed by atoms with Crippen LogP contribution in [0.5, 0.6) is 0 Å². The molecule has 1 rings (SSSR count). The van der Waals surface area contributed by atoms with Crippen molar-refractivity contribution in [1.29, 1.82) is 0 Å². The van der Waals surface area contributed by atoms with E-state index in [1.807, 2.05) is 0 Å². The van der Waals surface area contributed by atoms with Crippen molar-refractivity contribution in [3.05, 3.63) is 0 Å². The van der Waals surface area contributed by atoms with Gasteiger partial charge in [0, 0.05) is 6.04 Å². The third kappa shape index (κ3) is 2.37. The molecule has 72 valence electrons. The highest BCUT2D eigenvalue weighted by atomic mass is 19.4. The van der Waals surface area contributed by atoms with Gasteiger partial charge in [0.05, 0.1) is 5.92 Å². The molecule has 0 atom stereocenters. The van der Waals surface area contributed by atoms with Gasteiger partial charge in [-0.3, -0.25) is 0 Å². The van der Waals surface area contributed by atoms with Crippen molar-refractivity contribution in [2.45, 2.75) is 37.9 Å². The van der Waals surface area contributed by atoms with Gasteiger partial charge < -0.3 is 5.32 Å². The molecule has 0 aromatic rings. The Morgan fingerprint density at radius 3 is 1.92 bits per heavy atom. The predicted molar refractivity (Wildman–Crippen MR) is 40.9 cm³/mol. The van der Waals surface area contributed by atoms with Crippen LogP contribution in [0.2, 0.25) is 0 Å². The van der Waals surface area contributed by atoms with E-state index in [0.29, 0.717) is 18.9 Å². The highest BCUT2D eigenvalue weighted by Gasteiger charge is 2.40. The second-order valence-electron chi connectivity index (χ2n) is 3.38. The van der Waals surface area contributed by atoms with Crippen LogP contribution in [0.4, 0.5) is 13.2 Å². The first-order chi connectivity index (χ1) is 5.54. The van der Waals surface area contributed by atoms with Crippen molar-refractivity contribution in [3.63, 3.8) is 0 Å². The van der Waals surface area contributed by atoms with Crippen LogP contribution in [0.15, 0.2) is 0 Å². The first-order valence-electron chi connectivity index (χ1n) is 4.28. The third-order valence-electron chi connectivity index (χ3n) is 2.60. The predicted octanol–water partition coefficient (Wildman–Crippen LogP) is 2.33. The molecule has 0 spiro atoms. The zero-order valence-electron chi connectivity index (χ0n) is 7.12. The quantitative estimate of drug-likeness (QED) is 0.654. The van der Waals surface area contributed by atoms with Crippen LogP contribution in [0.25, 0.3) is 0 Å². The van der Waals surface area contributed by atoms with Crippen LogP contribution < -0.4 is 5.32 Å². The fourth-order valence-corrected chi connectivity index (χ4v) is 1.71. The standard InChI is InChI=1S/C8H14F3N/c1-12-7-4-2-6(3-5-7)8(9,10)11/h6-7,12H,2-5H2,1H3. The first kappa shape index (κ1) is 9.84. The maximum absolute atomic E-state index is 12.2. The zero-order chi connectivity index (χ0) is 9.19. The zero-order valence-corrected chi connectivity index (χ0v) is 7.12. The van der Waals surface area contributed by atoms with E-state index < -0.39 is 12.1 Å². The van der Waals surface area contributed by atoms with Crippen LogP contribution in [0.1, 0.15) is 25.7 Å². The Morgan fingerprint density at radius 2 is 1.58 bits per heavy atom. The maximum Gasteiger partial charge on any atom is 0.391 e. The van der Waals surface area contributed by atoms with E-state index in [9.17, 15) is 13.2 Å². The van der Waals surface area contributed by atoms with Gasteiger partial charge in [0.25, 0.3) is 0 Å². The lowest BCUT2D eigenvalue weighted by Crippen LogP contribution is -2.35. The van der Waals surface area contributed by atoms with E-state index in [0.717, 1.165) is 0 Å². The van der Waals surface area contributed by atoms with Gasteiger partial charge in [0.15, 0.2) is 0 Å². The second-order valence-corrected chi connectivity index (χ2v) is 3.38. The van der Waals surface area contributed by atoms with Crippen molar-refractivity contribution in [2.24, 2.45) is 5.92 Å². The largest absolute Gasteiger partial charge is 0.391 e. The summed E-state index contributed by atoms with van der Waals surface area (Å²) in [5.74, 6) is -1.05. The van der Waals surface area contributed by atoms with E-state index in [-0.39, 0.29) is 12.8 Å². The summed E-state index contributed by atoms with van der Waals surface area (Å²) in [5.41, 5.74) is 0. The van der Waals surface area contributed by atoms with Gasteiger partial charge in [0.1, 0.15) is 0 Å². The van der Waals surface area contributed by atoms with E-state index in [4.69, 9.17) is 0 Å². The minimum absolute atomic E-state index is 0.287. The molecule has 0 aliphatic heterocycles. The SMILES string of the molecule is CNC1CCC(C(F)(F)F)CC1. The molecule has 4 heteroatoms. The number of halogens is 3. The Kier molecular flexibility index (Phi) is 2.99. The van der Waals surface area contributed by atoms with Crippen LogP contribution >= 0.6 is 0 Å². The lowest BCUT2D eigenvalue weighted by atomic mass is 9.86. The van der Waals surface area contributed by atoms with Crippen molar-refractivity contribution >= 4 is 0 Å². The van der Waals surface area contributed by atoms with Gasteiger partial charge >= 0.3 is 6.18 Å². The summed E-state index contributed by atoms with van der Waals surface area (Å²) in [6.07, 6.45) is -2.09. The molecule has 1 fully saturated rings. The molecule has 1 nitrogen and oxygen atoms in total. The van der Waals surface area contributed by atoms with Crippen LogP contribution in [0.3, 0.4) is 0 Å². The average molecular weight is 181 g/mol. The molecule has 0 aromatic carbocycles. The van der Waals surface area contributed by atoms with E-state index in [1.54, 1.807) is 7.05 Å². The van der Waals surface area contributed by atoms with Crippen molar-refractivity contribution in [1.82, 2.24) is 5.32 Å². The summed E-state index contributed by atoms with van der Waals surface area (Å²) in [5, 5.41) is 3.01. The number of nitrogens with one attached hydrogen (secondary N) is 1. The van der Waals surface area contributed by atoms with E-state index >= 15 is 0 Å². The number of hydrogen-bond acceptors (Lipinski definition) is 1. The minimum Gasteiger partial charge on any atom is -0.317 e. The maximum atomic E-state index is 12.2. The fraction of sp³-hybridized carbons (Fsp3) is 1.00. The lowest BCUT2D eigenvalue weighted by molar-refractivity contribution is -0.182. The topological polar surface area (TPSA) is 12.0 Å². The highest BCUT2D eigenvalue weighted by molar-refractivity contribution is 4.79. The van der Waals surface area contributed by atoms with Crippen molar-refractivity contribution < 1.29 is 13.2 Å². The van der Waals surface area contributed by atoms with Crippen LogP contribution in [-0.2, 0) is 0 Å². The molecule has 0 aromatic heterocycles. The Hall–Kier alpha value is -0.250. The fourth-order valence-electron chi connectivity index (χ4n) is 1.71. The second kappa shape index (κ2) is 3.64. The van der Waals surface area contributed by atoms with Gasteiger partial charge in [-0.15, -0.1) is 0 Å². The Balaban J connectivity index is 2.36. The van der Waals surface area contributed by atoms with Gasteiger partial charge in [0.2, 0.25) is 0 Å². The minimum atomic E-state index is -3.97. The molecule has 0 saturated heterocycles. The lowest BCUT2D eigenvalue weighted by Gasteiger charge is -2.29. The molecule has 0 radical (unpaired) electrons. The molecule has 1 N–H and O–H groups in total. The number of alkyl halides is 3. The van der Waals surface area contributed by atoms with Crippen LogP contribution in [0, 0.1) is 5.92 Å². The molecule has 0 amide bonds. The Bertz CT molecular complexity index is 136. The number of rotatable bonds is 1. The summed E-state index contributed by atoms with van der Waals surface area (Å²) in [4.78, 5) is 0. The molecule has 0 bridgehead atoms. The normalized spacial score (nSPS) is 32.0. The van der Waals surface area contributed by atoms with Gasteiger partial charge in [-0.1, -0.05) is 0 Å². The van der Waals surface area contributed by atoms with E-state index in [2.05, 4.69) is 5.32 Å². The van der Waals surface area contributed by atoms with Crippen molar-refractivity contribution in [2.75, 3.05) is 7.05 Å². The van der Waals surface area contributed by atoms with Crippen molar-refractivity contribution in [3.8, 4) is 0 Å². The molecule has 0 unspecified atom stereocenters. The molecule has 0 heterocycles. The summed E-state index contributed by atoms with van der Waals surface area (Å²) in [6, 6.07) is 0.295. The summed E-state index contributed by atoms with van der Waals surface area (Å²) in [7, 11) is 1.80. The highest BCUT2D eigenvalue weighted by Crippen LogP contribution is 2.37. The molecule has 1 aliphatic carbocycles. The number of hydrogen-bond donors (Lipinski definition) is 1. The van der Waals surface area contributed by atoms with E-state index in [1.165, 1.54) is 0 Å². The monoisotopic (exact) mass is 181 g/mol. The molecular formula is C8H14F3N. The van der Waals surface area contributed by atoms with Gasteiger partial charge in [-0.2, -0.15) is 13.2 Å². The van der Waals surface area contributed by atoms with Gasteiger partial charge in [-0.05, 0) is 32.7 Å². The smallest absolute Gasteiger partial charge is 0.317 e. The third-order valence-corrected chi connectivity index (χ3v) is 2.60. The molecular weight excluding hydrogens is 167 g/mol. The Labute approximate surface area is 70.3 Å². The molecule has 12 heavy (non-hydrogen) atoms. The van der Waals surface area contributed by atoms with Gasteiger partial charge in [-0.25, -0.2) is 0 Å². The summed E-state index contributed by atoms with van der Waals surface area (Å²) in [6.45, 7) is 0. The molecule has 1 aliphatic rings. The Morgan fingerprint density at radius 1 is 1.08 bits per heavy atom. The first-order valence-corrected chi connectivity index (χ1v) is 4.28.